The van der Waals surface area contributed by atoms with Crippen molar-refractivity contribution in [3.8, 4) is 5.88 Å². The van der Waals surface area contributed by atoms with Gasteiger partial charge in [-0.25, -0.2) is 4.98 Å². The number of aromatic hydroxyl groups is 1. The van der Waals surface area contributed by atoms with Crippen LogP contribution in [0.3, 0.4) is 0 Å². The number of nitrogens with one attached hydrogen (secondary N) is 1. The first-order valence-electron chi connectivity index (χ1n) is 7.68. The van der Waals surface area contributed by atoms with Gasteiger partial charge in [0.1, 0.15) is 0 Å². The largest absolute Gasteiger partial charge is 0.493 e. The Labute approximate surface area is 138 Å². The van der Waals surface area contributed by atoms with Crippen molar-refractivity contribution in [2.45, 2.75) is 13.3 Å². The lowest BCUT2D eigenvalue weighted by atomic mass is 10.1. The van der Waals surface area contributed by atoms with E-state index < -0.39 is 0 Å². The Morgan fingerprint density at radius 2 is 2.04 bits per heavy atom. The molecule has 3 heterocycles. The summed E-state index contributed by atoms with van der Waals surface area (Å²) in [6, 6.07) is 11.7. The molecule has 7 heteroatoms. The van der Waals surface area contributed by atoms with E-state index in [0.717, 1.165) is 23.4 Å². The van der Waals surface area contributed by atoms with Crippen molar-refractivity contribution in [3.63, 3.8) is 0 Å². The lowest BCUT2D eigenvalue weighted by Crippen LogP contribution is -2.04. The number of allylic oxidation sites excluding steroid dienone is 1. The second-order valence-corrected chi connectivity index (χ2v) is 5.58. The first-order valence-corrected chi connectivity index (χ1v) is 7.68. The predicted octanol–water partition coefficient (Wildman–Crippen LogP) is 2.33. The maximum atomic E-state index is 9.87. The number of hydrogen-bond donors (Lipinski definition) is 2. The summed E-state index contributed by atoms with van der Waals surface area (Å²) in [5.74, 6) is 0.791. The summed E-state index contributed by atoms with van der Waals surface area (Å²) in [5.41, 5.74) is 3.83. The van der Waals surface area contributed by atoms with Gasteiger partial charge in [0.2, 0.25) is 11.8 Å². The summed E-state index contributed by atoms with van der Waals surface area (Å²) in [7, 11) is 0. The molecule has 0 fully saturated rings. The van der Waals surface area contributed by atoms with Crippen molar-refractivity contribution in [1.82, 2.24) is 19.6 Å². The van der Waals surface area contributed by atoms with E-state index in [4.69, 9.17) is 0 Å². The molecule has 0 unspecified atom stereocenters. The zero-order valence-corrected chi connectivity index (χ0v) is 13.1. The van der Waals surface area contributed by atoms with Gasteiger partial charge >= 0.3 is 0 Å². The number of aryl methyl sites for hydroxylation is 1. The summed E-state index contributed by atoms with van der Waals surface area (Å²) >= 11 is 0. The molecule has 1 aromatic carbocycles. The lowest BCUT2D eigenvalue weighted by molar-refractivity contribution is 0.434. The Hall–Kier alpha value is -3.22. The second-order valence-electron chi connectivity index (χ2n) is 5.58. The van der Waals surface area contributed by atoms with Crippen molar-refractivity contribution in [2.24, 2.45) is 4.99 Å². The summed E-state index contributed by atoms with van der Waals surface area (Å²) in [5, 5.41) is 17.2. The van der Waals surface area contributed by atoms with Crippen LogP contribution in [0.4, 0.5) is 5.95 Å². The fraction of sp³-hybridized carbons (Fsp3) is 0.176. The molecule has 0 atom stereocenters. The van der Waals surface area contributed by atoms with Gasteiger partial charge in [-0.2, -0.15) is 9.50 Å². The molecular weight excluding hydrogens is 304 g/mol. The molecule has 4 rings (SSSR count). The third-order valence-corrected chi connectivity index (χ3v) is 3.77. The normalized spacial score (nSPS) is 13.9. The standard InChI is InChI=1S/C17H16N6O/c1-11-9-15(24)23-17(19-11)21-16(22-23)18-10-13-7-8-14(20-13)12-5-3-2-4-6-12/h2-7,9,24H,8,10H2,1H3,(H,18,22). The zero-order chi connectivity index (χ0) is 16.5. The Balaban J connectivity index is 1.48. The van der Waals surface area contributed by atoms with E-state index in [1.807, 2.05) is 18.2 Å². The average Bonchev–Trinajstić information content (AvgIpc) is 3.20. The molecule has 120 valence electrons. The van der Waals surface area contributed by atoms with Gasteiger partial charge in [0.25, 0.3) is 5.78 Å². The minimum Gasteiger partial charge on any atom is -0.493 e. The molecule has 0 saturated heterocycles. The molecule has 0 radical (unpaired) electrons. The van der Waals surface area contributed by atoms with Gasteiger partial charge in [-0.1, -0.05) is 36.4 Å². The average molecular weight is 320 g/mol. The third-order valence-electron chi connectivity index (χ3n) is 3.77. The van der Waals surface area contributed by atoms with Crippen molar-refractivity contribution >= 4 is 17.4 Å². The highest BCUT2D eigenvalue weighted by molar-refractivity contribution is 6.03. The molecular formula is C17H16N6O. The number of anilines is 1. The number of hydrogen-bond acceptors (Lipinski definition) is 6. The molecule has 0 saturated carbocycles. The Kier molecular flexibility index (Phi) is 3.45. The van der Waals surface area contributed by atoms with E-state index >= 15 is 0 Å². The maximum absolute atomic E-state index is 9.87. The molecule has 0 amide bonds. The summed E-state index contributed by atoms with van der Waals surface area (Å²) in [6.45, 7) is 2.32. The molecule has 24 heavy (non-hydrogen) atoms. The van der Waals surface area contributed by atoms with E-state index in [0.29, 0.717) is 24.0 Å². The first-order chi connectivity index (χ1) is 11.7. The van der Waals surface area contributed by atoms with Gasteiger partial charge in [-0.3, -0.25) is 4.99 Å². The number of rotatable bonds is 4. The van der Waals surface area contributed by atoms with Crippen LogP contribution in [0, 0.1) is 6.92 Å². The number of aliphatic imine (C=N–C) groups is 1. The molecule has 3 aromatic rings. The maximum Gasteiger partial charge on any atom is 0.257 e. The van der Waals surface area contributed by atoms with Crippen LogP contribution in [0.2, 0.25) is 0 Å². The highest BCUT2D eigenvalue weighted by Crippen LogP contribution is 2.17. The van der Waals surface area contributed by atoms with Crippen LogP contribution in [0.25, 0.3) is 5.78 Å². The van der Waals surface area contributed by atoms with Crippen molar-refractivity contribution < 1.29 is 5.11 Å². The van der Waals surface area contributed by atoms with Crippen molar-refractivity contribution in [2.75, 3.05) is 11.9 Å². The van der Waals surface area contributed by atoms with Gasteiger partial charge in [-0.05, 0) is 12.5 Å². The third kappa shape index (κ3) is 2.71. The molecule has 7 nitrogen and oxygen atoms in total. The molecule has 2 N–H and O–H groups in total. The van der Waals surface area contributed by atoms with Crippen LogP contribution in [0.5, 0.6) is 5.88 Å². The minimum atomic E-state index is 0.0162. The summed E-state index contributed by atoms with van der Waals surface area (Å²) < 4.78 is 1.30. The Bertz CT molecular complexity index is 958. The monoisotopic (exact) mass is 320 g/mol. The molecule has 1 aliphatic heterocycles. The van der Waals surface area contributed by atoms with Crippen LogP contribution in [0.1, 0.15) is 17.7 Å². The molecule has 1 aliphatic rings. The van der Waals surface area contributed by atoms with Crippen molar-refractivity contribution in [3.05, 3.63) is 59.4 Å². The highest BCUT2D eigenvalue weighted by atomic mass is 16.3. The summed E-state index contributed by atoms with van der Waals surface area (Å²) in [4.78, 5) is 13.1. The Morgan fingerprint density at radius 1 is 1.21 bits per heavy atom. The van der Waals surface area contributed by atoms with Crippen LogP contribution in [0.15, 0.2) is 53.2 Å². The van der Waals surface area contributed by atoms with E-state index in [-0.39, 0.29) is 5.88 Å². The van der Waals surface area contributed by atoms with Gasteiger partial charge in [0.05, 0.1) is 18.0 Å². The fourth-order valence-corrected chi connectivity index (χ4v) is 2.62. The van der Waals surface area contributed by atoms with Gasteiger partial charge in [0.15, 0.2) is 0 Å². The smallest absolute Gasteiger partial charge is 0.257 e. The molecule has 2 aromatic heterocycles. The van der Waals surface area contributed by atoms with Gasteiger partial charge < -0.3 is 10.4 Å². The SMILES string of the molecule is Cc1cc(O)n2nc(NCC3=CCC(c4ccccc4)=N3)nc2n1. The second kappa shape index (κ2) is 5.77. The lowest BCUT2D eigenvalue weighted by Gasteiger charge is -2.01. The van der Waals surface area contributed by atoms with E-state index in [1.165, 1.54) is 4.52 Å². The Morgan fingerprint density at radius 3 is 2.88 bits per heavy atom. The highest BCUT2D eigenvalue weighted by Gasteiger charge is 2.12. The number of aromatic nitrogens is 4. The van der Waals surface area contributed by atoms with Gasteiger partial charge in [0, 0.05) is 18.2 Å². The predicted molar refractivity (Wildman–Crippen MR) is 91.4 cm³/mol. The molecule has 0 bridgehead atoms. The van der Waals surface area contributed by atoms with Crippen LogP contribution in [-0.2, 0) is 0 Å². The van der Waals surface area contributed by atoms with E-state index in [1.54, 1.807) is 13.0 Å². The van der Waals surface area contributed by atoms with Crippen LogP contribution >= 0.6 is 0 Å². The minimum absolute atomic E-state index is 0.0162. The molecule has 0 aliphatic carbocycles. The topological polar surface area (TPSA) is 87.7 Å². The zero-order valence-electron chi connectivity index (χ0n) is 13.1. The van der Waals surface area contributed by atoms with Gasteiger partial charge in [-0.15, -0.1) is 5.10 Å². The number of fused-ring (bicyclic) bond motifs is 1. The molecule has 0 spiro atoms. The van der Waals surface area contributed by atoms with Crippen molar-refractivity contribution in [1.29, 1.82) is 0 Å². The van der Waals surface area contributed by atoms with E-state index in [9.17, 15) is 5.11 Å². The number of nitrogens with zero attached hydrogens (tertiary/aromatic N) is 5. The van der Waals surface area contributed by atoms with E-state index in [2.05, 4.69) is 43.6 Å². The summed E-state index contributed by atoms with van der Waals surface area (Å²) in [6.07, 6.45) is 2.91. The van der Waals surface area contributed by atoms with Crippen LogP contribution < -0.4 is 5.32 Å². The number of benzene rings is 1. The fourth-order valence-electron chi connectivity index (χ4n) is 2.62. The van der Waals surface area contributed by atoms with Crippen LogP contribution in [-0.4, -0.2) is 36.9 Å². The quantitative estimate of drug-likeness (QED) is 0.770. The first kappa shape index (κ1) is 14.4.